The van der Waals surface area contributed by atoms with E-state index in [4.69, 9.17) is 4.98 Å². The van der Waals surface area contributed by atoms with Crippen LogP contribution in [-0.4, -0.2) is 48.3 Å². The second-order valence-electron chi connectivity index (χ2n) is 7.14. The van der Waals surface area contributed by atoms with E-state index in [1.54, 1.807) is 10.9 Å². The van der Waals surface area contributed by atoms with E-state index >= 15 is 0 Å². The van der Waals surface area contributed by atoms with E-state index in [-0.39, 0.29) is 0 Å². The fraction of sp³-hybridized carbons (Fsp3) is 0.300. The monoisotopic (exact) mass is 374 g/mol. The summed E-state index contributed by atoms with van der Waals surface area (Å²) in [5.41, 5.74) is 4.43. The standard InChI is InChI=1S/C20H22N8/c1-27-12-14(8-24-27)17-13-28-18(10-23-20(28)11-22-17)16-5-2-6-19(26-16)25-15-4-3-7-21-9-15/h2,5-6,8,10-13,15,21H,3-4,7,9H2,1H3,(H,25,26). The Kier molecular flexibility index (Phi) is 4.25. The van der Waals surface area contributed by atoms with Crippen LogP contribution in [0.15, 0.2) is 49.2 Å². The number of hydrogen-bond donors (Lipinski definition) is 2. The number of hydrogen-bond acceptors (Lipinski definition) is 6. The molecule has 0 bridgehead atoms. The molecular formula is C20H22N8. The first-order valence-electron chi connectivity index (χ1n) is 9.53. The minimum atomic E-state index is 0.417. The molecule has 4 aromatic rings. The maximum atomic E-state index is 4.83. The summed E-state index contributed by atoms with van der Waals surface area (Å²) in [5.74, 6) is 0.891. The quantitative estimate of drug-likeness (QED) is 0.570. The van der Waals surface area contributed by atoms with Gasteiger partial charge in [0, 0.05) is 37.6 Å². The van der Waals surface area contributed by atoms with E-state index < -0.39 is 0 Å². The lowest BCUT2D eigenvalue weighted by atomic mass is 10.1. The van der Waals surface area contributed by atoms with Crippen molar-refractivity contribution in [1.82, 2.24) is 34.4 Å². The maximum Gasteiger partial charge on any atom is 0.155 e. The smallest absolute Gasteiger partial charge is 0.155 e. The molecule has 1 unspecified atom stereocenters. The number of piperidine rings is 1. The van der Waals surface area contributed by atoms with Crippen LogP contribution in [0.2, 0.25) is 0 Å². The summed E-state index contributed by atoms with van der Waals surface area (Å²) in [5, 5.41) is 11.2. The topological polar surface area (TPSA) is 85.0 Å². The van der Waals surface area contributed by atoms with Gasteiger partial charge in [0.1, 0.15) is 5.82 Å². The molecule has 0 amide bonds. The Hall–Kier alpha value is -3.26. The Bertz CT molecular complexity index is 1110. The molecule has 28 heavy (non-hydrogen) atoms. The molecule has 0 aromatic carbocycles. The molecule has 1 saturated heterocycles. The highest BCUT2D eigenvalue weighted by atomic mass is 15.2. The van der Waals surface area contributed by atoms with Gasteiger partial charge in [-0.3, -0.25) is 14.1 Å². The van der Waals surface area contributed by atoms with E-state index in [1.165, 1.54) is 6.42 Å². The minimum Gasteiger partial charge on any atom is -0.366 e. The predicted octanol–water partition coefficient (Wildman–Crippen LogP) is 2.36. The Balaban J connectivity index is 1.49. The fourth-order valence-corrected chi connectivity index (χ4v) is 3.62. The predicted molar refractivity (Wildman–Crippen MR) is 108 cm³/mol. The summed E-state index contributed by atoms with van der Waals surface area (Å²) in [6.07, 6.45) is 11.7. The summed E-state index contributed by atoms with van der Waals surface area (Å²) < 4.78 is 3.80. The van der Waals surface area contributed by atoms with Crippen LogP contribution in [0, 0.1) is 0 Å². The average molecular weight is 374 g/mol. The van der Waals surface area contributed by atoms with Crippen LogP contribution in [-0.2, 0) is 7.05 Å². The number of rotatable bonds is 4. The number of anilines is 1. The molecule has 2 N–H and O–H groups in total. The molecule has 5 rings (SSSR count). The molecule has 142 valence electrons. The number of nitrogens with zero attached hydrogens (tertiary/aromatic N) is 6. The summed E-state index contributed by atoms with van der Waals surface area (Å²) in [6, 6.07) is 6.48. The highest BCUT2D eigenvalue weighted by Gasteiger charge is 2.14. The number of aromatic nitrogens is 6. The van der Waals surface area contributed by atoms with Gasteiger partial charge >= 0.3 is 0 Å². The van der Waals surface area contributed by atoms with Crippen LogP contribution in [0.5, 0.6) is 0 Å². The number of fused-ring (bicyclic) bond motifs is 1. The lowest BCUT2D eigenvalue weighted by Crippen LogP contribution is -2.38. The third-order valence-electron chi connectivity index (χ3n) is 5.06. The van der Waals surface area contributed by atoms with Crippen LogP contribution < -0.4 is 10.6 Å². The van der Waals surface area contributed by atoms with Crippen LogP contribution in [0.3, 0.4) is 0 Å². The van der Waals surface area contributed by atoms with Gasteiger partial charge in [0.2, 0.25) is 0 Å². The molecule has 0 radical (unpaired) electrons. The van der Waals surface area contributed by atoms with E-state index in [1.807, 2.05) is 54.4 Å². The molecule has 0 spiro atoms. The van der Waals surface area contributed by atoms with E-state index in [2.05, 4.69) is 25.7 Å². The van der Waals surface area contributed by atoms with Crippen molar-refractivity contribution in [3.63, 3.8) is 0 Å². The van der Waals surface area contributed by atoms with Crippen molar-refractivity contribution < 1.29 is 0 Å². The number of imidazole rings is 1. The summed E-state index contributed by atoms with van der Waals surface area (Å²) >= 11 is 0. The molecular weight excluding hydrogens is 352 g/mol. The third kappa shape index (κ3) is 3.22. The van der Waals surface area contributed by atoms with Crippen molar-refractivity contribution in [3.8, 4) is 22.6 Å². The van der Waals surface area contributed by atoms with Gasteiger partial charge in [0.15, 0.2) is 5.65 Å². The lowest BCUT2D eigenvalue weighted by Gasteiger charge is -2.24. The molecule has 5 heterocycles. The Morgan fingerprint density at radius 2 is 2.07 bits per heavy atom. The van der Waals surface area contributed by atoms with Crippen LogP contribution in [0.4, 0.5) is 5.82 Å². The van der Waals surface area contributed by atoms with Gasteiger partial charge in [0.25, 0.3) is 0 Å². The molecule has 1 aliphatic rings. The van der Waals surface area contributed by atoms with Gasteiger partial charge in [-0.2, -0.15) is 5.10 Å². The first-order valence-corrected chi connectivity index (χ1v) is 9.53. The van der Waals surface area contributed by atoms with Crippen molar-refractivity contribution in [1.29, 1.82) is 0 Å². The van der Waals surface area contributed by atoms with E-state index in [9.17, 15) is 0 Å². The zero-order valence-electron chi connectivity index (χ0n) is 15.7. The van der Waals surface area contributed by atoms with Gasteiger partial charge in [-0.05, 0) is 31.5 Å². The number of nitrogens with one attached hydrogen (secondary N) is 2. The minimum absolute atomic E-state index is 0.417. The van der Waals surface area contributed by atoms with Crippen molar-refractivity contribution in [3.05, 3.63) is 49.2 Å². The lowest BCUT2D eigenvalue weighted by molar-refractivity contribution is 0.479. The van der Waals surface area contributed by atoms with Crippen LogP contribution >= 0.6 is 0 Å². The zero-order chi connectivity index (χ0) is 18.9. The molecule has 1 fully saturated rings. The maximum absolute atomic E-state index is 4.83. The largest absolute Gasteiger partial charge is 0.366 e. The second kappa shape index (κ2) is 7.05. The highest BCUT2D eigenvalue weighted by Crippen LogP contribution is 2.23. The van der Waals surface area contributed by atoms with Crippen molar-refractivity contribution in [2.75, 3.05) is 18.4 Å². The SMILES string of the molecule is Cn1cc(-c2cn3c(-c4cccc(NC5CCCNC5)n4)cnc3cn2)cn1. The van der Waals surface area contributed by atoms with Crippen LogP contribution in [0.25, 0.3) is 28.3 Å². The Morgan fingerprint density at radius 3 is 2.89 bits per heavy atom. The number of pyridine rings is 1. The average Bonchev–Trinajstić information content (AvgIpc) is 3.35. The first kappa shape index (κ1) is 16.9. The third-order valence-corrected chi connectivity index (χ3v) is 5.06. The molecule has 8 nitrogen and oxygen atoms in total. The molecule has 0 aliphatic carbocycles. The molecule has 1 atom stereocenters. The fourth-order valence-electron chi connectivity index (χ4n) is 3.62. The van der Waals surface area contributed by atoms with Gasteiger partial charge < -0.3 is 10.6 Å². The molecule has 0 saturated carbocycles. The van der Waals surface area contributed by atoms with Gasteiger partial charge in [-0.15, -0.1) is 0 Å². The second-order valence-corrected chi connectivity index (χ2v) is 7.14. The van der Waals surface area contributed by atoms with Gasteiger partial charge in [-0.25, -0.2) is 9.97 Å². The summed E-state index contributed by atoms with van der Waals surface area (Å²) in [7, 11) is 1.90. The van der Waals surface area contributed by atoms with Gasteiger partial charge in [0.05, 0.1) is 35.7 Å². The normalized spacial score (nSPS) is 17.1. The van der Waals surface area contributed by atoms with Crippen molar-refractivity contribution in [2.24, 2.45) is 7.05 Å². The van der Waals surface area contributed by atoms with E-state index in [0.29, 0.717) is 6.04 Å². The molecule has 8 heteroatoms. The highest BCUT2D eigenvalue weighted by molar-refractivity contribution is 5.64. The van der Waals surface area contributed by atoms with E-state index in [0.717, 1.165) is 53.6 Å². The first-order chi connectivity index (χ1) is 13.8. The van der Waals surface area contributed by atoms with Crippen molar-refractivity contribution >= 4 is 11.5 Å². The molecule has 4 aromatic heterocycles. The summed E-state index contributed by atoms with van der Waals surface area (Å²) in [6.45, 7) is 2.07. The molecule has 1 aliphatic heterocycles. The van der Waals surface area contributed by atoms with Gasteiger partial charge in [-0.1, -0.05) is 6.07 Å². The Labute approximate surface area is 162 Å². The Morgan fingerprint density at radius 1 is 1.11 bits per heavy atom. The number of aryl methyl sites for hydroxylation is 1. The summed E-state index contributed by atoms with van der Waals surface area (Å²) in [4.78, 5) is 13.8. The van der Waals surface area contributed by atoms with Crippen LogP contribution in [0.1, 0.15) is 12.8 Å². The van der Waals surface area contributed by atoms with Crippen molar-refractivity contribution in [2.45, 2.75) is 18.9 Å². The zero-order valence-corrected chi connectivity index (χ0v) is 15.7.